The van der Waals surface area contributed by atoms with Crippen molar-refractivity contribution in [2.75, 3.05) is 12.3 Å². The van der Waals surface area contributed by atoms with Gasteiger partial charge in [0.2, 0.25) is 0 Å². The van der Waals surface area contributed by atoms with Crippen LogP contribution in [-0.2, 0) is 11.1 Å². The summed E-state index contributed by atoms with van der Waals surface area (Å²) in [6.45, 7) is 0.818. The summed E-state index contributed by atoms with van der Waals surface area (Å²) < 4.78 is 19.1. The van der Waals surface area contributed by atoms with Gasteiger partial charge >= 0.3 is 0 Å². The van der Waals surface area contributed by atoms with Gasteiger partial charge in [-0.15, -0.1) is 0 Å². The highest BCUT2D eigenvalue weighted by Crippen LogP contribution is 2.36. The Balaban J connectivity index is 1.85. The van der Waals surface area contributed by atoms with E-state index in [9.17, 15) is 4.21 Å². The Morgan fingerprint density at radius 1 is 1.25 bits per heavy atom. The second kappa shape index (κ2) is 3.44. The Labute approximate surface area is 75.4 Å². The summed E-state index contributed by atoms with van der Waals surface area (Å²) in [5.74, 6) is 0.424. The standard InChI is InChI=1S/C8H15NO2S/c10-12(11)6-5-9-7-1-2-8(9)4-3-7/h7-8H,1-6H2,(H,10,11). The Bertz CT molecular complexity index is 177. The van der Waals surface area contributed by atoms with Crippen molar-refractivity contribution in [1.29, 1.82) is 0 Å². The van der Waals surface area contributed by atoms with Gasteiger partial charge < -0.3 is 4.55 Å². The van der Waals surface area contributed by atoms with Crippen molar-refractivity contribution in [3.63, 3.8) is 0 Å². The van der Waals surface area contributed by atoms with E-state index in [0.717, 1.165) is 18.6 Å². The lowest BCUT2D eigenvalue weighted by Gasteiger charge is -2.20. The molecule has 4 heteroatoms. The Morgan fingerprint density at radius 3 is 2.17 bits per heavy atom. The van der Waals surface area contributed by atoms with Gasteiger partial charge in [-0.1, -0.05) is 0 Å². The predicted molar refractivity (Wildman–Crippen MR) is 48.4 cm³/mol. The topological polar surface area (TPSA) is 40.5 Å². The summed E-state index contributed by atoms with van der Waals surface area (Å²) in [5, 5.41) is 0. The number of hydrogen-bond acceptors (Lipinski definition) is 2. The molecule has 0 amide bonds. The molecule has 1 N–H and O–H groups in total. The van der Waals surface area contributed by atoms with Gasteiger partial charge in [0.15, 0.2) is 11.1 Å². The monoisotopic (exact) mass is 189 g/mol. The average molecular weight is 189 g/mol. The molecule has 2 heterocycles. The first-order chi connectivity index (χ1) is 5.77. The molecule has 0 saturated carbocycles. The van der Waals surface area contributed by atoms with Crippen molar-refractivity contribution in [1.82, 2.24) is 4.90 Å². The zero-order valence-corrected chi connectivity index (χ0v) is 7.92. The second-order valence-corrected chi connectivity index (χ2v) is 4.78. The minimum atomic E-state index is -1.61. The van der Waals surface area contributed by atoms with E-state index >= 15 is 0 Å². The zero-order chi connectivity index (χ0) is 8.55. The summed E-state index contributed by atoms with van der Waals surface area (Å²) in [6, 6.07) is 1.47. The third-order valence-corrected chi connectivity index (χ3v) is 3.66. The van der Waals surface area contributed by atoms with Crippen molar-refractivity contribution in [2.45, 2.75) is 37.8 Å². The normalized spacial score (nSPS) is 37.4. The Kier molecular flexibility index (Phi) is 2.48. The molecule has 0 radical (unpaired) electrons. The van der Waals surface area contributed by atoms with Crippen LogP contribution in [-0.4, -0.2) is 38.0 Å². The highest BCUT2D eigenvalue weighted by molar-refractivity contribution is 7.79. The molecule has 2 rings (SSSR count). The lowest BCUT2D eigenvalue weighted by molar-refractivity contribution is 0.268. The van der Waals surface area contributed by atoms with Crippen LogP contribution in [0.25, 0.3) is 0 Å². The highest BCUT2D eigenvalue weighted by Gasteiger charge is 2.38. The first-order valence-corrected chi connectivity index (χ1v) is 5.88. The van der Waals surface area contributed by atoms with Crippen molar-refractivity contribution >= 4 is 11.1 Å². The minimum Gasteiger partial charge on any atom is -0.306 e. The van der Waals surface area contributed by atoms with Crippen LogP contribution in [0.1, 0.15) is 25.7 Å². The molecule has 1 unspecified atom stereocenters. The fourth-order valence-electron chi connectivity index (χ4n) is 2.57. The summed E-state index contributed by atoms with van der Waals surface area (Å²) in [7, 11) is 0. The minimum absolute atomic E-state index is 0.424. The third kappa shape index (κ3) is 1.56. The summed E-state index contributed by atoms with van der Waals surface area (Å²) in [6.07, 6.45) is 5.23. The van der Waals surface area contributed by atoms with Gasteiger partial charge in [-0.25, -0.2) is 4.21 Å². The van der Waals surface area contributed by atoms with Crippen LogP contribution in [0.15, 0.2) is 0 Å². The molecular weight excluding hydrogens is 174 g/mol. The Hall–Kier alpha value is 0.0700. The van der Waals surface area contributed by atoms with Crippen molar-refractivity contribution < 1.29 is 8.76 Å². The molecule has 0 aromatic carbocycles. The molecule has 2 fully saturated rings. The van der Waals surface area contributed by atoms with E-state index in [1.807, 2.05) is 0 Å². The van der Waals surface area contributed by atoms with Crippen LogP contribution in [0, 0.1) is 0 Å². The molecule has 0 aromatic rings. The van der Waals surface area contributed by atoms with Crippen LogP contribution >= 0.6 is 0 Å². The summed E-state index contributed by atoms with van der Waals surface area (Å²) >= 11 is -1.61. The Morgan fingerprint density at radius 2 is 1.75 bits per heavy atom. The lowest BCUT2D eigenvalue weighted by atomic mass is 10.0. The van der Waals surface area contributed by atoms with Crippen molar-refractivity contribution in [3.05, 3.63) is 0 Å². The van der Waals surface area contributed by atoms with Gasteiger partial charge in [0, 0.05) is 18.6 Å². The predicted octanol–water partition coefficient (Wildman–Crippen LogP) is 0.835. The van der Waals surface area contributed by atoms with Crippen LogP contribution in [0.5, 0.6) is 0 Å². The van der Waals surface area contributed by atoms with E-state index in [-0.39, 0.29) is 0 Å². The first kappa shape index (κ1) is 8.66. The molecule has 2 saturated heterocycles. The molecule has 2 aliphatic rings. The van der Waals surface area contributed by atoms with Gasteiger partial charge in [0.1, 0.15) is 0 Å². The summed E-state index contributed by atoms with van der Waals surface area (Å²) in [4.78, 5) is 2.42. The maximum absolute atomic E-state index is 10.5. The fraction of sp³-hybridized carbons (Fsp3) is 1.00. The number of rotatable bonds is 3. The molecule has 0 spiro atoms. The molecule has 0 aromatic heterocycles. The SMILES string of the molecule is O=S(O)CCN1C2CCC1CC2. The quantitative estimate of drug-likeness (QED) is 0.669. The van der Waals surface area contributed by atoms with Gasteiger partial charge in [-0.3, -0.25) is 4.90 Å². The second-order valence-electron chi connectivity index (χ2n) is 3.73. The van der Waals surface area contributed by atoms with Gasteiger partial charge in [0.05, 0.1) is 5.75 Å². The molecular formula is C8H15NO2S. The van der Waals surface area contributed by atoms with E-state index in [1.54, 1.807) is 0 Å². The van der Waals surface area contributed by atoms with E-state index in [1.165, 1.54) is 25.7 Å². The van der Waals surface area contributed by atoms with Gasteiger partial charge in [0.25, 0.3) is 0 Å². The lowest BCUT2D eigenvalue weighted by Crippen LogP contribution is -2.32. The van der Waals surface area contributed by atoms with E-state index in [0.29, 0.717) is 5.75 Å². The molecule has 70 valence electrons. The van der Waals surface area contributed by atoms with E-state index in [4.69, 9.17) is 4.55 Å². The number of fused-ring (bicyclic) bond motifs is 2. The van der Waals surface area contributed by atoms with Crippen LogP contribution < -0.4 is 0 Å². The number of hydrogen-bond donors (Lipinski definition) is 1. The van der Waals surface area contributed by atoms with E-state index in [2.05, 4.69) is 4.90 Å². The maximum atomic E-state index is 10.5. The third-order valence-electron chi connectivity index (χ3n) is 3.13. The average Bonchev–Trinajstić information content (AvgIpc) is 2.59. The zero-order valence-electron chi connectivity index (χ0n) is 7.11. The molecule has 0 aliphatic carbocycles. The van der Waals surface area contributed by atoms with Gasteiger partial charge in [-0.05, 0) is 25.7 Å². The molecule has 2 aliphatic heterocycles. The van der Waals surface area contributed by atoms with Gasteiger partial charge in [-0.2, -0.15) is 0 Å². The number of nitrogens with zero attached hydrogens (tertiary/aromatic N) is 1. The first-order valence-electron chi connectivity index (χ1n) is 4.60. The maximum Gasteiger partial charge on any atom is 0.154 e. The molecule has 12 heavy (non-hydrogen) atoms. The summed E-state index contributed by atoms with van der Waals surface area (Å²) in [5.41, 5.74) is 0. The largest absolute Gasteiger partial charge is 0.306 e. The molecule has 1 atom stereocenters. The molecule has 2 bridgehead atoms. The van der Waals surface area contributed by atoms with Crippen LogP contribution in [0.3, 0.4) is 0 Å². The molecule has 3 nitrogen and oxygen atoms in total. The van der Waals surface area contributed by atoms with Crippen molar-refractivity contribution in [2.24, 2.45) is 0 Å². The highest BCUT2D eigenvalue weighted by atomic mass is 32.2. The van der Waals surface area contributed by atoms with Crippen molar-refractivity contribution in [3.8, 4) is 0 Å². The fourth-order valence-corrected chi connectivity index (χ4v) is 2.94. The van der Waals surface area contributed by atoms with Crippen LogP contribution in [0.2, 0.25) is 0 Å². The smallest absolute Gasteiger partial charge is 0.154 e. The van der Waals surface area contributed by atoms with Crippen LogP contribution in [0.4, 0.5) is 0 Å². The van der Waals surface area contributed by atoms with E-state index < -0.39 is 11.1 Å².